The number of aliphatic imine (C=N–C) groups is 1. The first kappa shape index (κ1) is 17.7. The van der Waals surface area contributed by atoms with Crippen LogP contribution in [0, 0.1) is 13.8 Å². The molecular formula is C16H28N4O3. The van der Waals surface area contributed by atoms with E-state index in [-0.39, 0.29) is 6.10 Å². The van der Waals surface area contributed by atoms with E-state index in [0.717, 1.165) is 69.6 Å². The monoisotopic (exact) mass is 324 g/mol. The van der Waals surface area contributed by atoms with Crippen molar-refractivity contribution in [1.82, 2.24) is 15.8 Å². The van der Waals surface area contributed by atoms with Crippen molar-refractivity contribution >= 4 is 5.96 Å². The number of ether oxygens (including phenoxy) is 2. The Morgan fingerprint density at radius 1 is 1.35 bits per heavy atom. The molecule has 0 radical (unpaired) electrons. The summed E-state index contributed by atoms with van der Waals surface area (Å²) >= 11 is 0. The third kappa shape index (κ3) is 5.84. The minimum absolute atomic E-state index is 0.280. The Labute approximate surface area is 137 Å². The van der Waals surface area contributed by atoms with Gasteiger partial charge in [0.2, 0.25) is 0 Å². The number of aryl methyl sites for hydroxylation is 2. The summed E-state index contributed by atoms with van der Waals surface area (Å²) in [6.07, 6.45) is 3.11. The predicted molar refractivity (Wildman–Crippen MR) is 88.8 cm³/mol. The third-order valence-corrected chi connectivity index (χ3v) is 3.93. The van der Waals surface area contributed by atoms with Crippen molar-refractivity contribution in [3.05, 3.63) is 17.0 Å². The molecule has 0 amide bonds. The van der Waals surface area contributed by atoms with Gasteiger partial charge in [-0.15, -0.1) is 0 Å². The Hall–Kier alpha value is -1.60. The van der Waals surface area contributed by atoms with Crippen molar-refractivity contribution in [2.24, 2.45) is 4.99 Å². The van der Waals surface area contributed by atoms with Gasteiger partial charge in [-0.1, -0.05) is 5.16 Å². The van der Waals surface area contributed by atoms with E-state index in [2.05, 4.69) is 20.8 Å². The average Bonchev–Trinajstić information content (AvgIpc) is 3.17. The third-order valence-electron chi connectivity index (χ3n) is 3.93. The number of nitrogens with one attached hydrogen (secondary N) is 2. The second kappa shape index (κ2) is 9.52. The summed E-state index contributed by atoms with van der Waals surface area (Å²) in [5.41, 5.74) is 2.13. The number of hydrogen-bond acceptors (Lipinski definition) is 5. The minimum atomic E-state index is 0.280. The fourth-order valence-electron chi connectivity index (χ4n) is 2.56. The highest BCUT2D eigenvalue weighted by atomic mass is 16.5. The van der Waals surface area contributed by atoms with Crippen molar-refractivity contribution in [3.8, 4) is 0 Å². The molecule has 0 spiro atoms. The van der Waals surface area contributed by atoms with E-state index in [1.165, 1.54) is 5.56 Å². The van der Waals surface area contributed by atoms with E-state index < -0.39 is 0 Å². The SMILES string of the molecule is CN=C(NCCCOC1CCOC1)NCCc1c(C)noc1C. The van der Waals surface area contributed by atoms with Gasteiger partial charge in [0, 0.05) is 38.9 Å². The van der Waals surface area contributed by atoms with Crippen molar-refractivity contribution in [2.45, 2.75) is 39.2 Å². The molecule has 7 nitrogen and oxygen atoms in total. The van der Waals surface area contributed by atoms with Crippen LogP contribution in [-0.2, 0) is 15.9 Å². The van der Waals surface area contributed by atoms with E-state index in [1.807, 2.05) is 13.8 Å². The molecule has 1 unspecified atom stereocenters. The Bertz CT molecular complexity index is 476. The Morgan fingerprint density at radius 2 is 2.17 bits per heavy atom. The van der Waals surface area contributed by atoms with Crippen LogP contribution in [0.2, 0.25) is 0 Å². The molecule has 0 aliphatic carbocycles. The van der Waals surface area contributed by atoms with Gasteiger partial charge in [-0.05, 0) is 33.1 Å². The van der Waals surface area contributed by atoms with Crippen molar-refractivity contribution in [1.29, 1.82) is 0 Å². The van der Waals surface area contributed by atoms with Gasteiger partial charge in [0.25, 0.3) is 0 Å². The first-order valence-corrected chi connectivity index (χ1v) is 8.26. The van der Waals surface area contributed by atoms with Gasteiger partial charge in [0.15, 0.2) is 5.96 Å². The fourth-order valence-corrected chi connectivity index (χ4v) is 2.56. The Kier molecular flexibility index (Phi) is 7.35. The van der Waals surface area contributed by atoms with Crippen LogP contribution >= 0.6 is 0 Å². The highest BCUT2D eigenvalue weighted by molar-refractivity contribution is 5.79. The molecule has 1 atom stereocenters. The summed E-state index contributed by atoms with van der Waals surface area (Å²) in [7, 11) is 1.78. The van der Waals surface area contributed by atoms with E-state index in [0.29, 0.717) is 0 Å². The number of guanidine groups is 1. The molecule has 1 aliphatic heterocycles. The maximum absolute atomic E-state index is 5.73. The molecule has 0 bridgehead atoms. The highest BCUT2D eigenvalue weighted by Gasteiger charge is 2.15. The van der Waals surface area contributed by atoms with E-state index >= 15 is 0 Å². The zero-order valence-corrected chi connectivity index (χ0v) is 14.4. The maximum Gasteiger partial charge on any atom is 0.190 e. The van der Waals surface area contributed by atoms with Crippen LogP contribution < -0.4 is 10.6 Å². The molecule has 7 heteroatoms. The first-order valence-electron chi connectivity index (χ1n) is 8.26. The van der Waals surface area contributed by atoms with Crippen LogP contribution in [-0.4, -0.2) is 57.2 Å². The number of aromatic nitrogens is 1. The summed E-state index contributed by atoms with van der Waals surface area (Å²) in [6, 6.07) is 0. The van der Waals surface area contributed by atoms with Crippen LogP contribution in [0.4, 0.5) is 0 Å². The van der Waals surface area contributed by atoms with Crippen molar-refractivity contribution in [3.63, 3.8) is 0 Å². The molecular weight excluding hydrogens is 296 g/mol. The van der Waals surface area contributed by atoms with Crippen LogP contribution in [0.1, 0.15) is 29.9 Å². The topological polar surface area (TPSA) is 80.9 Å². The molecule has 1 aliphatic rings. The molecule has 2 N–H and O–H groups in total. The summed E-state index contributed by atoms with van der Waals surface area (Å²) in [4.78, 5) is 4.22. The lowest BCUT2D eigenvalue weighted by Gasteiger charge is -2.13. The molecule has 1 aromatic rings. The lowest BCUT2D eigenvalue weighted by atomic mass is 10.1. The maximum atomic E-state index is 5.73. The summed E-state index contributed by atoms with van der Waals surface area (Å²) in [6.45, 7) is 7.84. The van der Waals surface area contributed by atoms with Crippen LogP contribution in [0.15, 0.2) is 9.52 Å². The normalized spacial score (nSPS) is 18.4. The lowest BCUT2D eigenvalue weighted by Crippen LogP contribution is -2.39. The zero-order chi connectivity index (χ0) is 16.5. The van der Waals surface area contributed by atoms with Gasteiger partial charge in [-0.3, -0.25) is 4.99 Å². The summed E-state index contributed by atoms with van der Waals surface area (Å²) < 4.78 is 16.2. The van der Waals surface area contributed by atoms with Gasteiger partial charge in [0.1, 0.15) is 5.76 Å². The average molecular weight is 324 g/mol. The molecule has 2 heterocycles. The second-order valence-electron chi connectivity index (χ2n) is 5.69. The van der Waals surface area contributed by atoms with Gasteiger partial charge < -0.3 is 24.6 Å². The molecule has 1 saturated heterocycles. The smallest absolute Gasteiger partial charge is 0.190 e. The Balaban J connectivity index is 1.56. The number of hydrogen-bond donors (Lipinski definition) is 2. The van der Waals surface area contributed by atoms with Gasteiger partial charge >= 0.3 is 0 Å². The quantitative estimate of drug-likeness (QED) is 0.425. The van der Waals surface area contributed by atoms with E-state index in [1.54, 1.807) is 7.05 Å². The van der Waals surface area contributed by atoms with Gasteiger partial charge in [0.05, 0.1) is 18.4 Å². The van der Waals surface area contributed by atoms with Crippen molar-refractivity contribution in [2.75, 3.05) is 40.0 Å². The molecule has 23 heavy (non-hydrogen) atoms. The molecule has 2 rings (SSSR count). The van der Waals surface area contributed by atoms with Gasteiger partial charge in [-0.2, -0.15) is 0 Å². The first-order chi connectivity index (χ1) is 11.2. The second-order valence-corrected chi connectivity index (χ2v) is 5.69. The van der Waals surface area contributed by atoms with Crippen LogP contribution in [0.3, 0.4) is 0 Å². The standard InChI is InChI=1S/C16H28N4O3/c1-12-15(13(2)23-20-12)5-8-19-16(17-3)18-7-4-9-22-14-6-10-21-11-14/h14H,4-11H2,1-3H3,(H2,17,18,19). The van der Waals surface area contributed by atoms with Crippen LogP contribution in [0.5, 0.6) is 0 Å². The molecule has 0 aromatic carbocycles. The van der Waals surface area contributed by atoms with E-state index in [9.17, 15) is 0 Å². The minimum Gasteiger partial charge on any atom is -0.379 e. The lowest BCUT2D eigenvalue weighted by molar-refractivity contribution is 0.0420. The molecule has 0 saturated carbocycles. The number of rotatable bonds is 8. The molecule has 1 aromatic heterocycles. The van der Waals surface area contributed by atoms with E-state index in [4.69, 9.17) is 14.0 Å². The van der Waals surface area contributed by atoms with Crippen molar-refractivity contribution < 1.29 is 14.0 Å². The molecule has 1 fully saturated rings. The van der Waals surface area contributed by atoms with Crippen LogP contribution in [0.25, 0.3) is 0 Å². The summed E-state index contributed by atoms with van der Waals surface area (Å²) in [5, 5.41) is 10.6. The molecule has 130 valence electrons. The Morgan fingerprint density at radius 3 is 2.83 bits per heavy atom. The zero-order valence-electron chi connectivity index (χ0n) is 14.4. The number of nitrogens with zero attached hydrogens (tertiary/aromatic N) is 2. The summed E-state index contributed by atoms with van der Waals surface area (Å²) in [5.74, 6) is 1.70. The van der Waals surface area contributed by atoms with Gasteiger partial charge in [-0.25, -0.2) is 0 Å². The highest BCUT2D eigenvalue weighted by Crippen LogP contribution is 2.12. The predicted octanol–water partition coefficient (Wildman–Crippen LogP) is 1.19. The fraction of sp³-hybridized carbons (Fsp3) is 0.750. The largest absolute Gasteiger partial charge is 0.379 e.